The van der Waals surface area contributed by atoms with Crippen LogP contribution in [0.2, 0.25) is 5.02 Å². The molecule has 0 bridgehead atoms. The zero-order valence-corrected chi connectivity index (χ0v) is 14.9. The van der Waals surface area contributed by atoms with Crippen LogP contribution in [0.15, 0.2) is 72.8 Å². The first kappa shape index (κ1) is 17.1. The van der Waals surface area contributed by atoms with Crippen molar-refractivity contribution in [3.05, 3.63) is 88.9 Å². The molecule has 2 N–H and O–H groups in total. The summed E-state index contributed by atoms with van der Waals surface area (Å²) in [4.78, 5) is 24.8. The number of rotatable bonds is 3. The molecule has 0 fully saturated rings. The number of ether oxygens (including phenoxy) is 1. The Bertz CT molecular complexity index is 1020. The maximum Gasteiger partial charge on any atom is 0.270 e. The third-order valence-corrected chi connectivity index (χ3v) is 4.40. The molecule has 27 heavy (non-hydrogen) atoms. The van der Waals surface area contributed by atoms with Crippen molar-refractivity contribution in [3.8, 4) is 5.75 Å². The van der Waals surface area contributed by atoms with E-state index in [1.165, 1.54) is 0 Å². The minimum atomic E-state index is -0.703. The standard InChI is InChI=1S/C21H15ClN2O3/c22-15-8-4-7-14(11-15)20(25)23-16-9-10-18-17(12-16)24-21(26)19(27-18)13-5-2-1-3-6-13/h1-12,19H,(H,23,25)(H,24,26). The van der Waals surface area contributed by atoms with E-state index in [4.69, 9.17) is 16.3 Å². The Morgan fingerprint density at radius 1 is 1.00 bits per heavy atom. The Morgan fingerprint density at radius 2 is 1.81 bits per heavy atom. The van der Waals surface area contributed by atoms with E-state index in [0.717, 1.165) is 5.56 Å². The number of hydrogen-bond donors (Lipinski definition) is 2. The molecule has 6 heteroatoms. The van der Waals surface area contributed by atoms with Gasteiger partial charge >= 0.3 is 0 Å². The molecular formula is C21H15ClN2O3. The predicted octanol–water partition coefficient (Wildman–Crippen LogP) is 4.66. The lowest BCUT2D eigenvalue weighted by Gasteiger charge is -2.26. The van der Waals surface area contributed by atoms with E-state index in [1.54, 1.807) is 42.5 Å². The zero-order chi connectivity index (χ0) is 18.8. The fourth-order valence-electron chi connectivity index (χ4n) is 2.87. The Hall–Kier alpha value is -3.31. The second kappa shape index (κ2) is 7.13. The number of halogens is 1. The van der Waals surface area contributed by atoms with Crippen LogP contribution in [-0.2, 0) is 4.79 Å². The molecule has 3 aromatic carbocycles. The molecule has 0 aromatic heterocycles. The first-order valence-corrected chi connectivity index (χ1v) is 8.71. The number of benzene rings is 3. The summed E-state index contributed by atoms with van der Waals surface area (Å²) >= 11 is 5.92. The van der Waals surface area contributed by atoms with E-state index in [0.29, 0.717) is 27.7 Å². The fourth-order valence-corrected chi connectivity index (χ4v) is 3.06. The van der Waals surface area contributed by atoms with Gasteiger partial charge in [-0.1, -0.05) is 48.0 Å². The van der Waals surface area contributed by atoms with Crippen LogP contribution in [0.25, 0.3) is 0 Å². The summed E-state index contributed by atoms with van der Waals surface area (Å²) in [6.45, 7) is 0. The van der Waals surface area contributed by atoms with E-state index in [9.17, 15) is 9.59 Å². The highest BCUT2D eigenvalue weighted by atomic mass is 35.5. The molecule has 2 amide bonds. The Balaban J connectivity index is 1.54. The monoisotopic (exact) mass is 378 g/mol. The van der Waals surface area contributed by atoms with Crippen molar-refractivity contribution in [2.45, 2.75) is 6.10 Å². The van der Waals surface area contributed by atoms with Crippen molar-refractivity contribution in [1.82, 2.24) is 0 Å². The lowest BCUT2D eigenvalue weighted by Crippen LogP contribution is -2.30. The van der Waals surface area contributed by atoms with Gasteiger partial charge in [0, 0.05) is 21.8 Å². The minimum Gasteiger partial charge on any atom is -0.474 e. The molecule has 0 spiro atoms. The Kier molecular flexibility index (Phi) is 4.52. The molecular weight excluding hydrogens is 364 g/mol. The molecule has 1 atom stereocenters. The number of carbonyl (C=O) groups is 2. The molecule has 0 aliphatic carbocycles. The molecule has 5 nitrogen and oxygen atoms in total. The van der Waals surface area contributed by atoms with Gasteiger partial charge in [-0.05, 0) is 36.4 Å². The SMILES string of the molecule is O=C(Nc1ccc2c(c1)NC(=O)C(c1ccccc1)O2)c1cccc(Cl)c1. The second-order valence-electron chi connectivity index (χ2n) is 6.07. The average Bonchev–Trinajstić information content (AvgIpc) is 2.68. The maximum absolute atomic E-state index is 12.4. The third-order valence-electron chi connectivity index (χ3n) is 4.17. The van der Waals surface area contributed by atoms with Gasteiger partial charge in [0.1, 0.15) is 5.75 Å². The highest BCUT2D eigenvalue weighted by molar-refractivity contribution is 6.31. The summed E-state index contributed by atoms with van der Waals surface area (Å²) in [6.07, 6.45) is -0.703. The Morgan fingerprint density at radius 3 is 2.59 bits per heavy atom. The molecule has 0 radical (unpaired) electrons. The van der Waals surface area contributed by atoms with E-state index < -0.39 is 6.10 Å². The quantitative estimate of drug-likeness (QED) is 0.696. The zero-order valence-electron chi connectivity index (χ0n) is 14.1. The number of fused-ring (bicyclic) bond motifs is 1. The van der Waals surface area contributed by atoms with E-state index >= 15 is 0 Å². The van der Waals surface area contributed by atoms with E-state index in [-0.39, 0.29) is 11.8 Å². The van der Waals surface area contributed by atoms with Gasteiger partial charge in [0.25, 0.3) is 11.8 Å². The molecule has 1 unspecified atom stereocenters. The first-order chi connectivity index (χ1) is 13.1. The van der Waals surface area contributed by atoms with Crippen molar-refractivity contribution in [1.29, 1.82) is 0 Å². The molecule has 0 saturated heterocycles. The number of amides is 2. The van der Waals surface area contributed by atoms with Crippen molar-refractivity contribution in [2.24, 2.45) is 0 Å². The largest absolute Gasteiger partial charge is 0.474 e. The minimum absolute atomic E-state index is 0.257. The molecule has 0 saturated carbocycles. The summed E-state index contributed by atoms with van der Waals surface area (Å²) < 4.78 is 5.85. The molecule has 3 aromatic rings. The van der Waals surface area contributed by atoms with Gasteiger partial charge in [0.15, 0.2) is 0 Å². The number of nitrogens with one attached hydrogen (secondary N) is 2. The van der Waals surface area contributed by atoms with Crippen LogP contribution in [0.5, 0.6) is 5.75 Å². The summed E-state index contributed by atoms with van der Waals surface area (Å²) in [5, 5.41) is 6.11. The normalized spacial score (nSPS) is 15.3. The van der Waals surface area contributed by atoms with Crippen LogP contribution in [0.4, 0.5) is 11.4 Å². The number of carbonyl (C=O) groups excluding carboxylic acids is 2. The van der Waals surface area contributed by atoms with E-state index in [2.05, 4.69) is 10.6 Å². The first-order valence-electron chi connectivity index (χ1n) is 8.33. The topological polar surface area (TPSA) is 67.4 Å². The number of anilines is 2. The van der Waals surface area contributed by atoms with Crippen LogP contribution in [-0.4, -0.2) is 11.8 Å². The van der Waals surface area contributed by atoms with Crippen molar-refractivity contribution in [3.63, 3.8) is 0 Å². The van der Waals surface area contributed by atoms with Gasteiger partial charge in [-0.3, -0.25) is 9.59 Å². The lowest BCUT2D eigenvalue weighted by molar-refractivity contribution is -0.123. The van der Waals surface area contributed by atoms with Gasteiger partial charge < -0.3 is 15.4 Å². The highest BCUT2D eigenvalue weighted by Gasteiger charge is 2.29. The Labute approximate surface area is 160 Å². The van der Waals surface area contributed by atoms with Gasteiger partial charge in [-0.25, -0.2) is 0 Å². The number of hydrogen-bond acceptors (Lipinski definition) is 3. The molecule has 1 aliphatic heterocycles. The maximum atomic E-state index is 12.4. The summed E-state index contributed by atoms with van der Waals surface area (Å²) in [5.41, 5.74) is 2.28. The molecule has 1 aliphatic rings. The summed E-state index contributed by atoms with van der Waals surface area (Å²) in [6, 6.07) is 21.1. The predicted molar refractivity (Wildman–Crippen MR) is 104 cm³/mol. The van der Waals surface area contributed by atoms with Crippen LogP contribution in [0, 0.1) is 0 Å². The second-order valence-corrected chi connectivity index (χ2v) is 6.51. The van der Waals surface area contributed by atoms with Gasteiger partial charge in [0.05, 0.1) is 5.69 Å². The van der Waals surface area contributed by atoms with Gasteiger partial charge in [-0.15, -0.1) is 0 Å². The molecule has 134 valence electrons. The lowest BCUT2D eigenvalue weighted by atomic mass is 10.1. The van der Waals surface area contributed by atoms with E-state index in [1.807, 2.05) is 30.3 Å². The highest BCUT2D eigenvalue weighted by Crippen LogP contribution is 2.36. The summed E-state index contributed by atoms with van der Waals surface area (Å²) in [7, 11) is 0. The average molecular weight is 379 g/mol. The summed E-state index contributed by atoms with van der Waals surface area (Å²) in [5.74, 6) is -0.00103. The van der Waals surface area contributed by atoms with Gasteiger partial charge in [0.2, 0.25) is 6.10 Å². The van der Waals surface area contributed by atoms with Crippen LogP contribution in [0.1, 0.15) is 22.0 Å². The van der Waals surface area contributed by atoms with Crippen molar-refractivity contribution in [2.75, 3.05) is 10.6 Å². The molecule has 4 rings (SSSR count). The van der Waals surface area contributed by atoms with Crippen LogP contribution >= 0.6 is 11.6 Å². The smallest absolute Gasteiger partial charge is 0.270 e. The fraction of sp³-hybridized carbons (Fsp3) is 0.0476. The van der Waals surface area contributed by atoms with Crippen LogP contribution < -0.4 is 15.4 Å². The van der Waals surface area contributed by atoms with Gasteiger partial charge in [-0.2, -0.15) is 0 Å². The van der Waals surface area contributed by atoms with Crippen LogP contribution in [0.3, 0.4) is 0 Å². The van der Waals surface area contributed by atoms with Crippen molar-refractivity contribution >= 4 is 34.8 Å². The molecule has 1 heterocycles. The van der Waals surface area contributed by atoms with Crippen molar-refractivity contribution < 1.29 is 14.3 Å². The third kappa shape index (κ3) is 3.64.